The van der Waals surface area contributed by atoms with Gasteiger partial charge in [-0.3, -0.25) is 0 Å². The van der Waals surface area contributed by atoms with E-state index in [-0.39, 0.29) is 12.1 Å². The van der Waals surface area contributed by atoms with Crippen molar-refractivity contribution in [2.45, 2.75) is 25.3 Å². The summed E-state index contributed by atoms with van der Waals surface area (Å²) < 4.78 is 10.6. The second-order valence-electron chi connectivity index (χ2n) is 6.67. The van der Waals surface area contributed by atoms with Gasteiger partial charge in [0.25, 0.3) is 0 Å². The molecular weight excluding hydrogens is 318 g/mol. The van der Waals surface area contributed by atoms with Gasteiger partial charge in [0, 0.05) is 38.9 Å². The van der Waals surface area contributed by atoms with Gasteiger partial charge in [-0.1, -0.05) is 12.1 Å². The number of hydrogen-bond acceptors (Lipinski definition) is 4. The average Bonchev–Trinajstić information content (AvgIpc) is 2.63. The van der Waals surface area contributed by atoms with Crippen LogP contribution in [-0.2, 0) is 11.2 Å². The van der Waals surface area contributed by atoms with Crippen LogP contribution in [-0.4, -0.2) is 75.9 Å². The highest BCUT2D eigenvalue weighted by Crippen LogP contribution is 2.15. The average molecular weight is 349 g/mol. The van der Waals surface area contributed by atoms with Crippen molar-refractivity contribution in [1.29, 1.82) is 0 Å². The molecule has 2 amide bonds. The highest BCUT2D eigenvalue weighted by Gasteiger charge is 2.25. The first-order valence-electron chi connectivity index (χ1n) is 9.00. The number of likely N-dealkylation sites (N-methyl/N-ethyl adjacent to an activating group) is 1. The normalized spacial score (nSPS) is 15.2. The fraction of sp³-hybridized carbons (Fsp3) is 0.632. The lowest BCUT2D eigenvalue weighted by molar-refractivity contribution is 0.0444. The first-order chi connectivity index (χ1) is 12.1. The van der Waals surface area contributed by atoms with E-state index in [1.807, 2.05) is 43.3 Å². The number of nitrogens with one attached hydrogen (secondary N) is 1. The van der Waals surface area contributed by atoms with Crippen LogP contribution in [0.15, 0.2) is 24.3 Å². The van der Waals surface area contributed by atoms with Crippen molar-refractivity contribution < 1.29 is 14.3 Å². The predicted molar refractivity (Wildman–Crippen MR) is 99.2 cm³/mol. The van der Waals surface area contributed by atoms with Crippen LogP contribution in [0, 0.1) is 0 Å². The van der Waals surface area contributed by atoms with Crippen molar-refractivity contribution in [3.05, 3.63) is 29.8 Å². The summed E-state index contributed by atoms with van der Waals surface area (Å²) in [7, 11) is 5.72. The quantitative estimate of drug-likeness (QED) is 0.780. The molecule has 1 aromatic rings. The zero-order chi connectivity index (χ0) is 18.1. The molecule has 0 spiro atoms. The van der Waals surface area contributed by atoms with E-state index < -0.39 is 0 Å². The van der Waals surface area contributed by atoms with Crippen molar-refractivity contribution in [1.82, 2.24) is 15.1 Å². The highest BCUT2D eigenvalue weighted by molar-refractivity contribution is 5.74. The van der Waals surface area contributed by atoms with Crippen molar-refractivity contribution in [2.24, 2.45) is 0 Å². The minimum absolute atomic E-state index is 0.0299. The number of nitrogens with zero attached hydrogens (tertiary/aromatic N) is 2. The maximum Gasteiger partial charge on any atom is 0.317 e. The zero-order valence-electron chi connectivity index (χ0n) is 15.7. The molecular formula is C19H31N3O3. The minimum atomic E-state index is 0.0299. The van der Waals surface area contributed by atoms with E-state index >= 15 is 0 Å². The molecule has 6 nitrogen and oxygen atoms in total. The van der Waals surface area contributed by atoms with Gasteiger partial charge in [0.2, 0.25) is 0 Å². The smallest absolute Gasteiger partial charge is 0.317 e. The molecule has 25 heavy (non-hydrogen) atoms. The Morgan fingerprint density at radius 3 is 2.48 bits per heavy atom. The first kappa shape index (κ1) is 19.5. The Kier molecular flexibility index (Phi) is 8.01. The van der Waals surface area contributed by atoms with Crippen LogP contribution < -0.4 is 10.1 Å². The number of benzene rings is 1. The van der Waals surface area contributed by atoms with E-state index in [1.165, 1.54) is 5.56 Å². The predicted octanol–water partition coefficient (Wildman–Crippen LogP) is 1.99. The van der Waals surface area contributed by atoms with Crippen molar-refractivity contribution in [3.8, 4) is 5.75 Å². The Bertz CT molecular complexity index is 513. The van der Waals surface area contributed by atoms with Gasteiger partial charge in [-0.05, 0) is 51.1 Å². The number of amides is 2. The maximum absolute atomic E-state index is 12.7. The van der Waals surface area contributed by atoms with Gasteiger partial charge in [0.05, 0.1) is 7.11 Å². The molecule has 0 atom stereocenters. The lowest BCUT2D eigenvalue weighted by Gasteiger charge is -2.35. The summed E-state index contributed by atoms with van der Waals surface area (Å²) in [5.41, 5.74) is 1.19. The standard InChI is InChI=1S/C19H31N3O3/c1-21(2)12-13-22(17-9-14-25-15-10-17)19(23)20-11-8-16-4-6-18(24-3)7-5-16/h4-7,17H,8-15H2,1-3H3,(H,20,23). The van der Waals surface area contributed by atoms with Crippen molar-refractivity contribution >= 4 is 6.03 Å². The van der Waals surface area contributed by atoms with E-state index in [0.717, 1.165) is 51.3 Å². The second kappa shape index (κ2) is 10.3. The summed E-state index contributed by atoms with van der Waals surface area (Å²) in [6.07, 6.45) is 2.64. The van der Waals surface area contributed by atoms with Gasteiger partial charge in [0.1, 0.15) is 5.75 Å². The summed E-state index contributed by atoms with van der Waals surface area (Å²) in [6, 6.07) is 8.27. The molecule has 1 aromatic carbocycles. The molecule has 0 unspecified atom stereocenters. The summed E-state index contributed by atoms with van der Waals surface area (Å²) in [5, 5.41) is 3.08. The number of urea groups is 1. The molecule has 1 aliphatic heterocycles. The van der Waals surface area contributed by atoms with E-state index in [2.05, 4.69) is 10.2 Å². The number of ether oxygens (including phenoxy) is 2. The topological polar surface area (TPSA) is 54.0 Å². The number of carbonyl (C=O) groups is 1. The second-order valence-corrected chi connectivity index (χ2v) is 6.67. The Morgan fingerprint density at radius 1 is 1.20 bits per heavy atom. The van der Waals surface area contributed by atoms with E-state index in [9.17, 15) is 4.79 Å². The van der Waals surface area contributed by atoms with Crippen LogP contribution in [0.5, 0.6) is 5.75 Å². The van der Waals surface area contributed by atoms with Gasteiger partial charge in [-0.2, -0.15) is 0 Å². The van der Waals surface area contributed by atoms with Crippen LogP contribution >= 0.6 is 0 Å². The van der Waals surface area contributed by atoms with Crippen LogP contribution in [0.3, 0.4) is 0 Å². The monoisotopic (exact) mass is 349 g/mol. The first-order valence-corrected chi connectivity index (χ1v) is 9.00. The lowest BCUT2D eigenvalue weighted by Crippen LogP contribution is -2.50. The van der Waals surface area contributed by atoms with E-state index in [0.29, 0.717) is 6.54 Å². The third-order valence-corrected chi connectivity index (χ3v) is 4.53. The molecule has 140 valence electrons. The molecule has 1 heterocycles. The molecule has 1 fully saturated rings. The lowest BCUT2D eigenvalue weighted by atomic mass is 10.1. The molecule has 1 aliphatic rings. The molecule has 0 aromatic heterocycles. The fourth-order valence-electron chi connectivity index (χ4n) is 2.96. The van der Waals surface area contributed by atoms with Gasteiger partial charge in [-0.25, -0.2) is 4.79 Å². The molecule has 2 rings (SSSR count). The number of hydrogen-bond donors (Lipinski definition) is 1. The summed E-state index contributed by atoms with van der Waals surface area (Å²) in [4.78, 5) is 16.8. The number of rotatable bonds is 8. The summed E-state index contributed by atoms with van der Waals surface area (Å²) in [6.45, 7) is 3.71. The number of carbonyl (C=O) groups excluding carboxylic acids is 1. The van der Waals surface area contributed by atoms with Crippen molar-refractivity contribution in [3.63, 3.8) is 0 Å². The van der Waals surface area contributed by atoms with Crippen LogP contribution in [0.1, 0.15) is 18.4 Å². The summed E-state index contributed by atoms with van der Waals surface area (Å²) in [5.74, 6) is 0.849. The van der Waals surface area contributed by atoms with Gasteiger partial charge >= 0.3 is 6.03 Å². The third-order valence-electron chi connectivity index (χ3n) is 4.53. The van der Waals surface area contributed by atoms with Gasteiger partial charge in [-0.15, -0.1) is 0 Å². The van der Waals surface area contributed by atoms with Crippen LogP contribution in [0.2, 0.25) is 0 Å². The molecule has 1 saturated heterocycles. The molecule has 0 aliphatic carbocycles. The minimum Gasteiger partial charge on any atom is -0.497 e. The Balaban J connectivity index is 1.84. The Hall–Kier alpha value is -1.79. The molecule has 0 bridgehead atoms. The summed E-state index contributed by atoms with van der Waals surface area (Å²) >= 11 is 0. The Morgan fingerprint density at radius 2 is 1.88 bits per heavy atom. The highest BCUT2D eigenvalue weighted by atomic mass is 16.5. The molecule has 6 heteroatoms. The molecule has 0 radical (unpaired) electrons. The SMILES string of the molecule is COc1ccc(CCNC(=O)N(CCN(C)C)C2CCOCC2)cc1. The van der Waals surface area contributed by atoms with Crippen LogP contribution in [0.4, 0.5) is 4.79 Å². The fourth-order valence-corrected chi connectivity index (χ4v) is 2.96. The van der Waals surface area contributed by atoms with E-state index in [4.69, 9.17) is 9.47 Å². The van der Waals surface area contributed by atoms with Crippen molar-refractivity contribution in [2.75, 3.05) is 54.1 Å². The van der Waals surface area contributed by atoms with Gasteiger partial charge in [0.15, 0.2) is 0 Å². The van der Waals surface area contributed by atoms with Gasteiger partial charge < -0.3 is 24.6 Å². The number of methoxy groups -OCH3 is 1. The van der Waals surface area contributed by atoms with Crippen LogP contribution in [0.25, 0.3) is 0 Å². The maximum atomic E-state index is 12.7. The molecule has 0 saturated carbocycles. The molecule has 1 N–H and O–H groups in total. The largest absolute Gasteiger partial charge is 0.497 e. The Labute approximate surface area is 151 Å². The van der Waals surface area contributed by atoms with E-state index in [1.54, 1.807) is 7.11 Å². The zero-order valence-corrected chi connectivity index (χ0v) is 15.7. The third kappa shape index (κ3) is 6.55.